The van der Waals surface area contributed by atoms with Crippen molar-refractivity contribution in [2.75, 3.05) is 0 Å². The van der Waals surface area contributed by atoms with Crippen molar-refractivity contribution in [3.05, 3.63) is 40.9 Å². The third kappa shape index (κ3) is 3.23. The fourth-order valence-corrected chi connectivity index (χ4v) is 2.96. The molecular formula is C14H11F3N4O2S. The summed E-state index contributed by atoms with van der Waals surface area (Å²) in [6, 6.07) is 4.97. The number of hydrogen-bond donors (Lipinski definition) is 0. The minimum atomic E-state index is -4.67. The monoisotopic (exact) mass is 356 g/mol. The van der Waals surface area contributed by atoms with Crippen molar-refractivity contribution in [1.82, 2.24) is 19.9 Å². The lowest BCUT2D eigenvalue weighted by atomic mass is 10.2. The van der Waals surface area contributed by atoms with Crippen LogP contribution >= 0.6 is 11.3 Å². The normalized spacial score (nSPS) is 11.8. The second-order valence-electron chi connectivity index (χ2n) is 4.84. The first kappa shape index (κ1) is 16.4. The zero-order valence-corrected chi connectivity index (χ0v) is 13.2. The van der Waals surface area contributed by atoms with Gasteiger partial charge in [-0.25, -0.2) is 0 Å². The Hall–Kier alpha value is -2.49. The standard InChI is InChI=1S/C14H11F3N4O2S/c1-2-10(22)9-5-6-18-21(9)7-8-3-4-11(24-8)12-19-13(23-20-12)14(15,16)17/h3-6H,2,7H2,1H3. The molecule has 0 unspecified atom stereocenters. The van der Waals surface area contributed by atoms with Crippen LogP contribution in [0.3, 0.4) is 0 Å². The minimum Gasteiger partial charge on any atom is -0.329 e. The largest absolute Gasteiger partial charge is 0.471 e. The predicted octanol–water partition coefficient (Wildman–Crippen LogP) is 3.65. The number of hydrogen-bond acceptors (Lipinski definition) is 6. The Kier molecular flexibility index (Phi) is 4.22. The van der Waals surface area contributed by atoms with Gasteiger partial charge in [-0.3, -0.25) is 9.48 Å². The van der Waals surface area contributed by atoms with Gasteiger partial charge in [-0.1, -0.05) is 12.1 Å². The average molecular weight is 356 g/mol. The molecule has 0 radical (unpaired) electrons. The number of Topliss-reactive ketones (excluding diaryl/α,β-unsaturated/α-hetero) is 1. The third-order valence-electron chi connectivity index (χ3n) is 3.18. The second-order valence-corrected chi connectivity index (χ2v) is 6.01. The SMILES string of the molecule is CCC(=O)c1ccnn1Cc1ccc(-c2noc(C(F)(F)F)n2)s1. The summed E-state index contributed by atoms with van der Waals surface area (Å²) in [5.41, 5.74) is 0.492. The molecule has 0 aliphatic carbocycles. The molecule has 0 saturated heterocycles. The van der Waals surface area contributed by atoms with E-state index in [0.29, 0.717) is 23.5 Å². The van der Waals surface area contributed by atoms with Crippen molar-refractivity contribution in [3.8, 4) is 10.7 Å². The average Bonchev–Trinajstić information content (AvgIpc) is 3.25. The first-order valence-corrected chi connectivity index (χ1v) is 7.75. The van der Waals surface area contributed by atoms with Gasteiger partial charge in [0.05, 0.1) is 11.4 Å². The maximum Gasteiger partial charge on any atom is 0.471 e. The molecule has 0 aliphatic heterocycles. The summed E-state index contributed by atoms with van der Waals surface area (Å²) >= 11 is 1.21. The minimum absolute atomic E-state index is 0.0303. The summed E-state index contributed by atoms with van der Waals surface area (Å²) < 4.78 is 43.3. The quantitative estimate of drug-likeness (QED) is 0.653. The highest BCUT2D eigenvalue weighted by Gasteiger charge is 2.38. The van der Waals surface area contributed by atoms with Crippen LogP contribution < -0.4 is 0 Å². The Labute approximate surface area is 137 Å². The number of ketones is 1. The zero-order chi connectivity index (χ0) is 17.3. The van der Waals surface area contributed by atoms with Gasteiger partial charge < -0.3 is 4.52 Å². The molecule has 0 atom stereocenters. The Morgan fingerprint density at radius 3 is 2.79 bits per heavy atom. The Bertz CT molecular complexity index is 865. The van der Waals surface area contributed by atoms with Crippen LogP contribution in [-0.2, 0) is 12.7 Å². The third-order valence-corrected chi connectivity index (χ3v) is 4.25. The summed E-state index contributed by atoms with van der Waals surface area (Å²) in [6.07, 6.45) is -2.77. The molecule has 0 bridgehead atoms. The smallest absolute Gasteiger partial charge is 0.329 e. The van der Waals surface area contributed by atoms with Gasteiger partial charge in [-0.15, -0.1) is 11.3 Å². The van der Waals surface area contributed by atoms with Crippen LogP contribution in [0.15, 0.2) is 28.9 Å². The summed E-state index contributed by atoms with van der Waals surface area (Å²) in [7, 11) is 0. The maximum absolute atomic E-state index is 12.5. The van der Waals surface area contributed by atoms with E-state index in [0.717, 1.165) is 4.88 Å². The molecule has 6 nitrogen and oxygen atoms in total. The fourth-order valence-electron chi connectivity index (χ4n) is 2.05. The Balaban J connectivity index is 1.80. The summed E-state index contributed by atoms with van der Waals surface area (Å²) in [4.78, 5) is 16.4. The van der Waals surface area contributed by atoms with Crippen molar-refractivity contribution >= 4 is 17.1 Å². The molecule has 3 aromatic rings. The molecule has 3 rings (SSSR count). The molecule has 3 heterocycles. The molecule has 126 valence electrons. The van der Waals surface area contributed by atoms with Gasteiger partial charge in [-0.05, 0) is 18.2 Å². The second kappa shape index (κ2) is 6.19. The lowest BCUT2D eigenvalue weighted by Crippen LogP contribution is -2.10. The number of carbonyl (C=O) groups excluding carboxylic acids is 1. The van der Waals surface area contributed by atoms with Gasteiger partial charge in [0.1, 0.15) is 5.69 Å². The van der Waals surface area contributed by atoms with E-state index in [-0.39, 0.29) is 11.6 Å². The number of thiophene rings is 1. The highest BCUT2D eigenvalue weighted by molar-refractivity contribution is 7.15. The molecule has 10 heteroatoms. The van der Waals surface area contributed by atoms with Crippen LogP contribution in [0.5, 0.6) is 0 Å². The predicted molar refractivity (Wildman–Crippen MR) is 78.6 cm³/mol. The summed E-state index contributed by atoms with van der Waals surface area (Å²) in [5, 5.41) is 7.45. The van der Waals surface area contributed by atoms with E-state index < -0.39 is 12.1 Å². The summed E-state index contributed by atoms with van der Waals surface area (Å²) in [5.74, 6) is -1.53. The fraction of sp³-hybridized carbons (Fsp3) is 0.286. The summed E-state index contributed by atoms with van der Waals surface area (Å²) in [6.45, 7) is 2.10. The van der Waals surface area contributed by atoms with Crippen molar-refractivity contribution in [2.45, 2.75) is 26.1 Å². The maximum atomic E-state index is 12.5. The molecule has 0 amide bonds. The molecule has 0 saturated carbocycles. The van der Waals surface area contributed by atoms with Gasteiger partial charge >= 0.3 is 12.1 Å². The van der Waals surface area contributed by atoms with Crippen LogP contribution in [0, 0.1) is 0 Å². The number of alkyl halides is 3. The van der Waals surface area contributed by atoms with Gasteiger partial charge in [-0.2, -0.15) is 23.3 Å². The van der Waals surface area contributed by atoms with Crippen LogP contribution in [-0.4, -0.2) is 25.7 Å². The van der Waals surface area contributed by atoms with E-state index in [1.54, 1.807) is 29.8 Å². The molecule has 0 spiro atoms. The van der Waals surface area contributed by atoms with Crippen molar-refractivity contribution in [3.63, 3.8) is 0 Å². The van der Waals surface area contributed by atoms with Crippen molar-refractivity contribution in [1.29, 1.82) is 0 Å². The lowest BCUT2D eigenvalue weighted by molar-refractivity contribution is -0.159. The van der Waals surface area contributed by atoms with E-state index in [2.05, 4.69) is 19.8 Å². The molecular weight excluding hydrogens is 345 g/mol. The van der Waals surface area contributed by atoms with Crippen LogP contribution in [0.4, 0.5) is 13.2 Å². The van der Waals surface area contributed by atoms with Gasteiger partial charge in [0.15, 0.2) is 5.78 Å². The van der Waals surface area contributed by atoms with Gasteiger partial charge in [0.2, 0.25) is 5.82 Å². The van der Waals surface area contributed by atoms with E-state index >= 15 is 0 Å². The van der Waals surface area contributed by atoms with Crippen LogP contribution in [0.1, 0.15) is 34.6 Å². The van der Waals surface area contributed by atoms with Gasteiger partial charge in [0.25, 0.3) is 0 Å². The van der Waals surface area contributed by atoms with Crippen LogP contribution in [0.25, 0.3) is 10.7 Å². The number of rotatable bonds is 5. The van der Waals surface area contributed by atoms with Gasteiger partial charge in [0, 0.05) is 17.5 Å². The number of carbonyl (C=O) groups is 1. The topological polar surface area (TPSA) is 73.8 Å². The molecule has 0 fully saturated rings. The molecule has 0 aromatic carbocycles. The first-order chi connectivity index (χ1) is 11.4. The Morgan fingerprint density at radius 2 is 2.12 bits per heavy atom. The Morgan fingerprint density at radius 1 is 1.33 bits per heavy atom. The highest BCUT2D eigenvalue weighted by atomic mass is 32.1. The number of nitrogens with zero attached hydrogens (tertiary/aromatic N) is 4. The number of aromatic nitrogens is 4. The molecule has 0 aliphatic rings. The van der Waals surface area contributed by atoms with Crippen molar-refractivity contribution < 1.29 is 22.5 Å². The molecule has 24 heavy (non-hydrogen) atoms. The molecule has 3 aromatic heterocycles. The van der Waals surface area contributed by atoms with E-state index in [9.17, 15) is 18.0 Å². The zero-order valence-electron chi connectivity index (χ0n) is 12.4. The van der Waals surface area contributed by atoms with Crippen LogP contribution in [0.2, 0.25) is 0 Å². The number of halogens is 3. The highest BCUT2D eigenvalue weighted by Crippen LogP contribution is 2.31. The van der Waals surface area contributed by atoms with E-state index in [1.807, 2.05) is 0 Å². The molecule has 0 N–H and O–H groups in total. The van der Waals surface area contributed by atoms with E-state index in [4.69, 9.17) is 0 Å². The lowest BCUT2D eigenvalue weighted by Gasteiger charge is -2.03. The van der Waals surface area contributed by atoms with Crippen molar-refractivity contribution in [2.24, 2.45) is 0 Å². The first-order valence-electron chi connectivity index (χ1n) is 6.93. The van der Waals surface area contributed by atoms with E-state index in [1.165, 1.54) is 17.5 Å².